The molecular weight excluding hydrogens is 503 g/mol. The first-order valence-corrected chi connectivity index (χ1v) is 12.1. The maximum absolute atomic E-state index is 13.2. The molecule has 168 valence electrons. The van der Waals surface area contributed by atoms with E-state index in [0.29, 0.717) is 28.9 Å². The third kappa shape index (κ3) is 5.72. The number of carbonyl (C=O) groups excluding carboxylic acids is 1. The number of benzene rings is 3. The van der Waals surface area contributed by atoms with Crippen molar-refractivity contribution in [3.8, 4) is 5.75 Å². The fraction of sp³-hybridized carbons (Fsp3) is 0.154. The Morgan fingerprint density at radius 2 is 1.91 bits per heavy atom. The largest absolute Gasteiger partial charge is 0.488 e. The van der Waals surface area contributed by atoms with Crippen molar-refractivity contribution < 1.29 is 13.9 Å². The number of likely N-dealkylation sites (N-methyl/N-ethyl adjacent to an activating group) is 1. The van der Waals surface area contributed by atoms with Gasteiger partial charge < -0.3 is 4.74 Å². The zero-order chi connectivity index (χ0) is 23.4. The van der Waals surface area contributed by atoms with Crippen LogP contribution in [-0.4, -0.2) is 22.5 Å². The number of amidine groups is 1. The fourth-order valence-electron chi connectivity index (χ4n) is 3.33. The topological polar surface area (TPSA) is 41.9 Å². The van der Waals surface area contributed by atoms with Gasteiger partial charge in [0.15, 0.2) is 5.17 Å². The molecule has 0 aromatic heterocycles. The fourth-order valence-corrected chi connectivity index (χ4v) is 4.91. The summed E-state index contributed by atoms with van der Waals surface area (Å²) < 4.78 is 20.0. The summed E-state index contributed by atoms with van der Waals surface area (Å²) in [5, 5.41) is 0.581. The van der Waals surface area contributed by atoms with E-state index in [1.165, 1.54) is 29.5 Å². The molecule has 0 bridgehead atoms. The third-order valence-corrected chi connectivity index (χ3v) is 6.61. The normalized spacial score (nSPS) is 16.1. The molecular formula is C26H22BrFN2O2S. The van der Waals surface area contributed by atoms with E-state index in [2.05, 4.69) is 40.0 Å². The van der Waals surface area contributed by atoms with Crippen LogP contribution in [0.25, 0.3) is 6.08 Å². The lowest BCUT2D eigenvalue weighted by molar-refractivity contribution is -0.122. The van der Waals surface area contributed by atoms with Gasteiger partial charge in [0.1, 0.15) is 18.2 Å². The minimum atomic E-state index is -0.320. The van der Waals surface area contributed by atoms with Gasteiger partial charge in [0, 0.05) is 6.54 Å². The van der Waals surface area contributed by atoms with Crippen LogP contribution in [0.1, 0.15) is 23.6 Å². The predicted molar refractivity (Wildman–Crippen MR) is 136 cm³/mol. The van der Waals surface area contributed by atoms with Crippen LogP contribution in [-0.2, 0) is 11.4 Å². The molecule has 1 amide bonds. The Balaban J connectivity index is 1.51. The van der Waals surface area contributed by atoms with Crippen molar-refractivity contribution in [1.29, 1.82) is 0 Å². The Morgan fingerprint density at radius 1 is 1.12 bits per heavy atom. The van der Waals surface area contributed by atoms with Gasteiger partial charge in [0.2, 0.25) is 0 Å². The number of halogens is 2. The first-order valence-electron chi connectivity index (χ1n) is 10.5. The molecule has 1 aliphatic heterocycles. The number of ether oxygens (including phenoxy) is 1. The number of aryl methyl sites for hydroxylation is 1. The number of hydrogen-bond donors (Lipinski definition) is 0. The molecule has 1 heterocycles. The summed E-state index contributed by atoms with van der Waals surface area (Å²) in [4.78, 5) is 19.6. The van der Waals surface area contributed by atoms with Gasteiger partial charge in [0.05, 0.1) is 15.1 Å². The van der Waals surface area contributed by atoms with Crippen LogP contribution in [0.4, 0.5) is 10.1 Å². The van der Waals surface area contributed by atoms with Gasteiger partial charge in [-0.3, -0.25) is 9.69 Å². The van der Waals surface area contributed by atoms with Crippen LogP contribution in [0.2, 0.25) is 0 Å². The van der Waals surface area contributed by atoms with Gasteiger partial charge in [-0.15, -0.1) is 0 Å². The molecule has 0 spiro atoms. The zero-order valence-corrected chi connectivity index (χ0v) is 20.6. The van der Waals surface area contributed by atoms with Gasteiger partial charge in [-0.2, -0.15) is 0 Å². The molecule has 33 heavy (non-hydrogen) atoms. The maximum atomic E-state index is 13.2. The zero-order valence-electron chi connectivity index (χ0n) is 18.2. The first-order chi connectivity index (χ1) is 15.9. The summed E-state index contributed by atoms with van der Waals surface area (Å²) in [7, 11) is 0. The molecule has 7 heteroatoms. The van der Waals surface area contributed by atoms with Crippen molar-refractivity contribution in [3.05, 3.63) is 98.6 Å². The molecule has 3 aromatic rings. The average molecular weight is 525 g/mol. The lowest BCUT2D eigenvalue weighted by Gasteiger charge is -2.12. The number of aliphatic imine (C=N–C) groups is 1. The summed E-state index contributed by atoms with van der Waals surface area (Å²) in [6.45, 7) is 4.93. The highest BCUT2D eigenvalue weighted by atomic mass is 79.9. The standard InChI is InChI=1S/C26H22BrFN2O2S/c1-3-30-25(31)24(33-26(30)29-21-10-8-20(28)9-11-21)15-18-7-12-23(22(27)14-18)32-16-19-6-4-5-17(2)13-19/h4-15H,3,16H2,1-2H3/b24-15+,29-26?. The second kappa shape index (κ2) is 10.4. The number of amides is 1. The van der Waals surface area contributed by atoms with E-state index in [1.807, 2.05) is 43.3 Å². The Kier molecular flexibility index (Phi) is 7.30. The molecule has 0 radical (unpaired) electrons. The summed E-state index contributed by atoms with van der Waals surface area (Å²) in [6.07, 6.45) is 1.85. The van der Waals surface area contributed by atoms with Crippen LogP contribution in [0.15, 0.2) is 81.1 Å². The predicted octanol–water partition coefficient (Wildman–Crippen LogP) is 7.10. The highest BCUT2D eigenvalue weighted by molar-refractivity contribution is 9.10. The van der Waals surface area contributed by atoms with Crippen LogP contribution in [0, 0.1) is 12.7 Å². The van der Waals surface area contributed by atoms with Gasteiger partial charge in [-0.1, -0.05) is 35.9 Å². The van der Waals surface area contributed by atoms with Gasteiger partial charge >= 0.3 is 0 Å². The highest BCUT2D eigenvalue weighted by Gasteiger charge is 2.32. The van der Waals surface area contributed by atoms with E-state index in [4.69, 9.17) is 4.74 Å². The lowest BCUT2D eigenvalue weighted by atomic mass is 10.1. The van der Waals surface area contributed by atoms with Crippen molar-refractivity contribution in [1.82, 2.24) is 4.90 Å². The van der Waals surface area contributed by atoms with Crippen molar-refractivity contribution in [2.45, 2.75) is 20.5 Å². The van der Waals surface area contributed by atoms with Crippen molar-refractivity contribution in [2.75, 3.05) is 6.54 Å². The Hall–Kier alpha value is -2.90. The number of rotatable bonds is 6. The second-order valence-electron chi connectivity index (χ2n) is 7.50. The number of thioether (sulfide) groups is 1. The lowest BCUT2D eigenvalue weighted by Crippen LogP contribution is -2.28. The summed E-state index contributed by atoms with van der Waals surface area (Å²) in [5.74, 6) is 0.316. The molecule has 1 saturated heterocycles. The van der Waals surface area contributed by atoms with Crippen molar-refractivity contribution in [2.24, 2.45) is 4.99 Å². The molecule has 0 saturated carbocycles. The van der Waals surface area contributed by atoms with E-state index in [0.717, 1.165) is 21.3 Å². The molecule has 0 atom stereocenters. The van der Waals surface area contributed by atoms with E-state index < -0.39 is 0 Å². The molecule has 4 nitrogen and oxygen atoms in total. The minimum absolute atomic E-state index is 0.0979. The van der Waals surface area contributed by atoms with E-state index in [9.17, 15) is 9.18 Å². The maximum Gasteiger partial charge on any atom is 0.266 e. The Labute approximate surface area is 205 Å². The summed E-state index contributed by atoms with van der Waals surface area (Å²) >= 11 is 4.89. The van der Waals surface area contributed by atoms with Gasteiger partial charge in [-0.25, -0.2) is 9.38 Å². The first kappa shape index (κ1) is 23.3. The van der Waals surface area contributed by atoms with E-state index >= 15 is 0 Å². The minimum Gasteiger partial charge on any atom is -0.488 e. The molecule has 0 aliphatic carbocycles. The van der Waals surface area contributed by atoms with Crippen LogP contribution in [0.5, 0.6) is 5.75 Å². The van der Waals surface area contributed by atoms with Crippen LogP contribution < -0.4 is 4.74 Å². The van der Waals surface area contributed by atoms with Crippen molar-refractivity contribution in [3.63, 3.8) is 0 Å². The quantitative estimate of drug-likeness (QED) is 0.323. The van der Waals surface area contributed by atoms with Crippen molar-refractivity contribution >= 4 is 50.5 Å². The smallest absolute Gasteiger partial charge is 0.266 e. The molecule has 3 aromatic carbocycles. The number of hydrogen-bond acceptors (Lipinski definition) is 4. The van der Waals surface area contributed by atoms with Crippen LogP contribution >= 0.6 is 27.7 Å². The van der Waals surface area contributed by atoms with E-state index in [-0.39, 0.29) is 11.7 Å². The Bertz CT molecular complexity index is 1240. The van der Waals surface area contributed by atoms with E-state index in [1.54, 1.807) is 17.0 Å². The molecule has 0 N–H and O–H groups in total. The monoisotopic (exact) mass is 524 g/mol. The number of nitrogens with zero attached hydrogens (tertiary/aromatic N) is 2. The van der Waals surface area contributed by atoms with Crippen LogP contribution in [0.3, 0.4) is 0 Å². The van der Waals surface area contributed by atoms with Gasteiger partial charge in [0.25, 0.3) is 5.91 Å². The SMILES string of the molecule is CCN1C(=O)/C(=C\c2ccc(OCc3cccc(C)c3)c(Br)c2)SC1=Nc1ccc(F)cc1. The Morgan fingerprint density at radius 3 is 2.61 bits per heavy atom. The summed E-state index contributed by atoms with van der Waals surface area (Å²) in [6, 6.07) is 19.8. The van der Waals surface area contributed by atoms with Gasteiger partial charge in [-0.05, 0) is 95.1 Å². The third-order valence-electron chi connectivity index (χ3n) is 4.99. The average Bonchev–Trinajstić information content (AvgIpc) is 3.08. The molecule has 0 unspecified atom stereocenters. The molecule has 1 aliphatic rings. The molecule has 1 fully saturated rings. The highest BCUT2D eigenvalue weighted by Crippen LogP contribution is 2.35. The molecule has 4 rings (SSSR count). The number of carbonyl (C=O) groups is 1. The second-order valence-corrected chi connectivity index (χ2v) is 9.36. The summed E-state index contributed by atoms with van der Waals surface area (Å²) in [5.41, 5.74) is 3.77.